The lowest BCUT2D eigenvalue weighted by atomic mass is 9.94. The van der Waals surface area contributed by atoms with Gasteiger partial charge in [-0.2, -0.15) is 5.10 Å². The molecular weight excluding hydrogens is 216 g/mol. The van der Waals surface area contributed by atoms with E-state index in [1.54, 1.807) is 7.05 Å². The molecule has 5 heteroatoms. The average Bonchev–Trinajstić information content (AvgIpc) is 2.69. The number of amides is 1. The van der Waals surface area contributed by atoms with Crippen molar-refractivity contribution in [2.24, 2.45) is 13.0 Å². The Morgan fingerprint density at radius 1 is 1.65 bits per heavy atom. The van der Waals surface area contributed by atoms with Gasteiger partial charge >= 0.3 is 0 Å². The number of carbonyl (C=O) groups excluding carboxylic acids is 1. The molecule has 2 rings (SSSR count). The number of nitrogens with one attached hydrogen (secondary N) is 1. The van der Waals surface area contributed by atoms with E-state index in [2.05, 4.69) is 22.6 Å². The van der Waals surface area contributed by atoms with Crippen LogP contribution in [0.3, 0.4) is 0 Å². The normalized spacial score (nSPS) is 19.2. The van der Waals surface area contributed by atoms with Crippen molar-refractivity contribution < 1.29 is 4.79 Å². The first-order valence-corrected chi connectivity index (χ1v) is 5.89. The molecule has 0 spiro atoms. The van der Waals surface area contributed by atoms with Gasteiger partial charge in [-0.05, 0) is 25.2 Å². The van der Waals surface area contributed by atoms with Gasteiger partial charge in [0.25, 0.3) is 5.91 Å². The van der Waals surface area contributed by atoms with Crippen LogP contribution in [0.5, 0.6) is 0 Å². The summed E-state index contributed by atoms with van der Waals surface area (Å²) in [5.41, 5.74) is 6.20. The average molecular weight is 234 g/mol. The van der Waals surface area contributed by atoms with Crippen molar-refractivity contribution in [2.45, 2.75) is 19.3 Å². The smallest absolute Gasteiger partial charge is 0.256 e. The van der Waals surface area contributed by atoms with Gasteiger partial charge in [0.1, 0.15) is 11.4 Å². The van der Waals surface area contributed by atoms with E-state index in [0.717, 1.165) is 19.3 Å². The summed E-state index contributed by atoms with van der Waals surface area (Å²) in [6, 6.07) is 0. The minimum Gasteiger partial charge on any atom is -0.383 e. The molecule has 0 saturated carbocycles. The fourth-order valence-corrected chi connectivity index (χ4v) is 2.00. The number of aryl methyl sites for hydroxylation is 1. The zero-order valence-corrected chi connectivity index (χ0v) is 10.0. The van der Waals surface area contributed by atoms with Gasteiger partial charge in [-0.15, -0.1) is 0 Å². The summed E-state index contributed by atoms with van der Waals surface area (Å²) in [4.78, 5) is 11.9. The van der Waals surface area contributed by atoms with Gasteiger partial charge < -0.3 is 11.1 Å². The summed E-state index contributed by atoms with van der Waals surface area (Å²) < 4.78 is 1.50. The molecule has 5 nitrogen and oxygen atoms in total. The largest absolute Gasteiger partial charge is 0.383 e. The highest BCUT2D eigenvalue weighted by Crippen LogP contribution is 2.17. The van der Waals surface area contributed by atoms with E-state index in [-0.39, 0.29) is 5.91 Å². The standard InChI is InChI=1S/C12H18N4O/c1-16-11(13)10(8-15-16)12(17)14-7-9-5-3-2-4-6-9/h2-3,8-9H,4-7,13H2,1H3,(H,14,17). The Morgan fingerprint density at radius 3 is 3.06 bits per heavy atom. The van der Waals surface area contributed by atoms with Gasteiger partial charge in [0.05, 0.1) is 6.20 Å². The number of anilines is 1. The topological polar surface area (TPSA) is 72.9 Å². The molecular formula is C12H18N4O. The predicted octanol–water partition coefficient (Wildman–Crippen LogP) is 1.09. The Kier molecular flexibility index (Phi) is 3.46. The second-order valence-corrected chi connectivity index (χ2v) is 4.43. The maximum absolute atomic E-state index is 11.9. The fourth-order valence-electron chi connectivity index (χ4n) is 2.00. The zero-order chi connectivity index (χ0) is 12.3. The number of allylic oxidation sites excluding steroid dienone is 2. The van der Waals surface area contributed by atoms with E-state index in [9.17, 15) is 4.79 Å². The van der Waals surface area contributed by atoms with Crippen LogP contribution in [0.25, 0.3) is 0 Å². The van der Waals surface area contributed by atoms with Crippen molar-refractivity contribution in [3.63, 3.8) is 0 Å². The van der Waals surface area contributed by atoms with Crippen LogP contribution in [-0.4, -0.2) is 22.2 Å². The molecule has 1 unspecified atom stereocenters. The third kappa shape index (κ3) is 2.67. The van der Waals surface area contributed by atoms with E-state index in [4.69, 9.17) is 5.73 Å². The Bertz CT molecular complexity index is 436. The Balaban J connectivity index is 1.89. The van der Waals surface area contributed by atoms with Crippen molar-refractivity contribution in [1.82, 2.24) is 15.1 Å². The molecule has 0 saturated heterocycles. The van der Waals surface area contributed by atoms with Gasteiger partial charge in [-0.25, -0.2) is 0 Å². The van der Waals surface area contributed by atoms with Crippen LogP contribution < -0.4 is 11.1 Å². The van der Waals surface area contributed by atoms with Gasteiger partial charge in [0.15, 0.2) is 0 Å². The molecule has 3 N–H and O–H groups in total. The maximum atomic E-state index is 11.9. The first kappa shape index (κ1) is 11.7. The highest BCUT2D eigenvalue weighted by molar-refractivity contribution is 5.98. The second kappa shape index (κ2) is 5.03. The van der Waals surface area contributed by atoms with Crippen LogP contribution in [0.1, 0.15) is 29.6 Å². The molecule has 0 aliphatic heterocycles. The summed E-state index contributed by atoms with van der Waals surface area (Å²) in [5.74, 6) is 0.818. The number of aromatic nitrogens is 2. The van der Waals surface area contributed by atoms with E-state index >= 15 is 0 Å². The number of rotatable bonds is 3. The van der Waals surface area contributed by atoms with Gasteiger partial charge in [-0.3, -0.25) is 9.48 Å². The van der Waals surface area contributed by atoms with E-state index < -0.39 is 0 Å². The van der Waals surface area contributed by atoms with E-state index in [1.165, 1.54) is 10.9 Å². The van der Waals surface area contributed by atoms with Gasteiger partial charge in [0, 0.05) is 13.6 Å². The molecule has 0 aromatic carbocycles. The summed E-state index contributed by atoms with van der Waals surface area (Å²) in [6.45, 7) is 0.706. The molecule has 92 valence electrons. The summed E-state index contributed by atoms with van der Waals surface area (Å²) in [6.07, 6.45) is 9.17. The van der Waals surface area contributed by atoms with E-state index in [0.29, 0.717) is 23.8 Å². The third-order valence-electron chi connectivity index (χ3n) is 3.16. The van der Waals surface area contributed by atoms with Crippen LogP contribution >= 0.6 is 0 Å². The van der Waals surface area contributed by atoms with Crippen LogP contribution in [0.4, 0.5) is 5.82 Å². The lowest BCUT2D eigenvalue weighted by Crippen LogP contribution is -2.30. The summed E-state index contributed by atoms with van der Waals surface area (Å²) in [5, 5.41) is 6.87. The van der Waals surface area contributed by atoms with Gasteiger partial charge in [-0.1, -0.05) is 12.2 Å². The number of hydrogen-bond acceptors (Lipinski definition) is 3. The summed E-state index contributed by atoms with van der Waals surface area (Å²) in [7, 11) is 1.72. The van der Waals surface area contributed by atoms with Crippen LogP contribution in [0.2, 0.25) is 0 Å². The fraction of sp³-hybridized carbons (Fsp3) is 0.500. The Morgan fingerprint density at radius 2 is 2.47 bits per heavy atom. The monoisotopic (exact) mass is 234 g/mol. The highest BCUT2D eigenvalue weighted by atomic mass is 16.1. The lowest BCUT2D eigenvalue weighted by Gasteiger charge is -2.17. The molecule has 0 bridgehead atoms. The minimum atomic E-state index is -0.134. The molecule has 17 heavy (non-hydrogen) atoms. The van der Waals surface area contributed by atoms with E-state index in [1.807, 2.05) is 0 Å². The highest BCUT2D eigenvalue weighted by Gasteiger charge is 2.15. The van der Waals surface area contributed by atoms with Crippen molar-refractivity contribution in [3.8, 4) is 0 Å². The molecule has 1 aromatic rings. The molecule has 1 heterocycles. The maximum Gasteiger partial charge on any atom is 0.256 e. The molecule has 1 aliphatic rings. The van der Waals surface area contributed by atoms with Crippen LogP contribution in [-0.2, 0) is 7.05 Å². The first-order chi connectivity index (χ1) is 8.18. The SMILES string of the molecule is Cn1ncc(C(=O)NCC2CC=CCC2)c1N. The van der Waals surface area contributed by atoms with Gasteiger partial charge in [0.2, 0.25) is 0 Å². The molecule has 1 aromatic heterocycles. The quantitative estimate of drug-likeness (QED) is 0.769. The third-order valence-corrected chi connectivity index (χ3v) is 3.16. The number of nitrogens with two attached hydrogens (primary N) is 1. The first-order valence-electron chi connectivity index (χ1n) is 5.89. The number of carbonyl (C=O) groups is 1. The van der Waals surface area contributed by atoms with Crippen LogP contribution in [0, 0.1) is 5.92 Å². The lowest BCUT2D eigenvalue weighted by molar-refractivity contribution is 0.0947. The Labute approximate surface area is 101 Å². The number of nitrogen functional groups attached to an aromatic ring is 1. The molecule has 0 radical (unpaired) electrons. The molecule has 1 aliphatic carbocycles. The zero-order valence-electron chi connectivity index (χ0n) is 10.0. The van der Waals surface area contributed by atoms with Crippen molar-refractivity contribution in [1.29, 1.82) is 0 Å². The van der Waals surface area contributed by atoms with Crippen molar-refractivity contribution in [2.75, 3.05) is 12.3 Å². The van der Waals surface area contributed by atoms with Crippen molar-refractivity contribution in [3.05, 3.63) is 23.9 Å². The summed E-state index contributed by atoms with van der Waals surface area (Å²) >= 11 is 0. The second-order valence-electron chi connectivity index (χ2n) is 4.43. The molecule has 1 amide bonds. The number of hydrogen-bond donors (Lipinski definition) is 2. The van der Waals surface area contributed by atoms with Crippen LogP contribution in [0.15, 0.2) is 18.3 Å². The minimum absolute atomic E-state index is 0.134. The van der Waals surface area contributed by atoms with Crippen molar-refractivity contribution >= 4 is 11.7 Å². The Hall–Kier alpha value is -1.78. The molecule has 1 atom stereocenters. The predicted molar refractivity (Wildman–Crippen MR) is 66.4 cm³/mol. The number of nitrogens with zero attached hydrogens (tertiary/aromatic N) is 2. The molecule has 0 fully saturated rings.